The Kier molecular flexibility index (Phi) is 3.98. The maximum absolute atomic E-state index is 12.4. The minimum atomic E-state index is -6.18. The van der Waals surface area contributed by atoms with Crippen molar-refractivity contribution in [1.82, 2.24) is 0 Å². The van der Waals surface area contributed by atoms with Gasteiger partial charge in [-0.15, -0.1) is 0 Å². The van der Waals surface area contributed by atoms with Gasteiger partial charge in [-0.3, -0.25) is 0 Å². The molecule has 0 spiro atoms. The Hall–Kier alpha value is -0.560. The van der Waals surface area contributed by atoms with Crippen molar-refractivity contribution >= 4 is 0 Å². The standard InChI is InChI=1S/C7H7F8/c1-2-5(9,10)3-4(8)6(11,12)7(13,14)15/h4H,1-3H2/t4-/m0/s1. The van der Waals surface area contributed by atoms with E-state index in [1.54, 1.807) is 0 Å². The summed E-state index contributed by atoms with van der Waals surface area (Å²) in [5.41, 5.74) is 0. The van der Waals surface area contributed by atoms with Gasteiger partial charge in [0.1, 0.15) is 0 Å². The Labute approximate surface area is 80.3 Å². The van der Waals surface area contributed by atoms with E-state index in [1.165, 1.54) is 0 Å². The fourth-order valence-corrected chi connectivity index (χ4v) is 0.670. The minimum absolute atomic E-state index is 1.25. The molecule has 0 unspecified atom stereocenters. The molecule has 0 aromatic heterocycles. The summed E-state index contributed by atoms with van der Waals surface area (Å²) in [6.45, 7) is 2.61. The average molecular weight is 243 g/mol. The second kappa shape index (κ2) is 4.13. The van der Waals surface area contributed by atoms with Gasteiger partial charge in [0.25, 0.3) is 5.92 Å². The van der Waals surface area contributed by atoms with E-state index in [2.05, 4.69) is 6.92 Å². The normalized spacial score (nSPS) is 16.6. The highest BCUT2D eigenvalue weighted by atomic mass is 19.4. The largest absolute Gasteiger partial charge is 0.456 e. The fraction of sp³-hybridized carbons (Fsp3) is 0.857. The number of rotatable bonds is 4. The van der Waals surface area contributed by atoms with Gasteiger partial charge < -0.3 is 0 Å². The van der Waals surface area contributed by atoms with Crippen molar-refractivity contribution in [1.29, 1.82) is 0 Å². The van der Waals surface area contributed by atoms with Crippen LogP contribution in [0.15, 0.2) is 0 Å². The zero-order valence-electron chi connectivity index (χ0n) is 7.22. The van der Waals surface area contributed by atoms with Crippen molar-refractivity contribution in [2.45, 2.75) is 37.0 Å². The molecule has 0 aliphatic rings. The lowest BCUT2D eigenvalue weighted by Crippen LogP contribution is -2.47. The zero-order valence-corrected chi connectivity index (χ0v) is 7.22. The highest BCUT2D eigenvalue weighted by Crippen LogP contribution is 2.43. The van der Waals surface area contributed by atoms with Gasteiger partial charge in [0, 0.05) is 12.8 Å². The van der Waals surface area contributed by atoms with Gasteiger partial charge in [0.05, 0.1) is 0 Å². The second-order valence-electron chi connectivity index (χ2n) is 2.90. The van der Waals surface area contributed by atoms with E-state index >= 15 is 0 Å². The lowest BCUT2D eigenvalue weighted by atomic mass is 10.0. The van der Waals surface area contributed by atoms with Crippen LogP contribution in [0.3, 0.4) is 0 Å². The highest BCUT2D eigenvalue weighted by molar-refractivity contribution is 4.88. The van der Waals surface area contributed by atoms with Crippen LogP contribution in [0, 0.1) is 6.92 Å². The summed E-state index contributed by atoms with van der Waals surface area (Å²) < 4.78 is 95.8. The molecule has 8 heteroatoms. The second-order valence-corrected chi connectivity index (χ2v) is 2.90. The van der Waals surface area contributed by atoms with Crippen LogP contribution in [0.2, 0.25) is 0 Å². The predicted molar refractivity (Wildman–Crippen MR) is 35.4 cm³/mol. The Morgan fingerprint density at radius 2 is 1.33 bits per heavy atom. The van der Waals surface area contributed by atoms with E-state index in [-0.39, 0.29) is 0 Å². The van der Waals surface area contributed by atoms with E-state index in [4.69, 9.17) is 0 Å². The molecule has 0 bridgehead atoms. The fourth-order valence-electron chi connectivity index (χ4n) is 0.670. The topological polar surface area (TPSA) is 0 Å². The van der Waals surface area contributed by atoms with Gasteiger partial charge in [0.15, 0.2) is 6.17 Å². The van der Waals surface area contributed by atoms with E-state index in [0.717, 1.165) is 0 Å². The predicted octanol–water partition coefficient (Wildman–Crippen LogP) is 3.77. The Balaban J connectivity index is 4.65. The average Bonchev–Trinajstić information content (AvgIpc) is 2.01. The van der Waals surface area contributed by atoms with Crippen LogP contribution in [0.25, 0.3) is 0 Å². The quantitative estimate of drug-likeness (QED) is 0.659. The number of halogens is 8. The molecular formula is C7H7F8. The third-order valence-corrected chi connectivity index (χ3v) is 1.61. The van der Waals surface area contributed by atoms with Crippen LogP contribution in [0.1, 0.15) is 12.8 Å². The van der Waals surface area contributed by atoms with E-state index in [1.807, 2.05) is 0 Å². The lowest BCUT2D eigenvalue weighted by molar-refractivity contribution is -0.308. The van der Waals surface area contributed by atoms with E-state index < -0.39 is 37.0 Å². The molecule has 91 valence electrons. The molecule has 0 saturated heterocycles. The number of hydrogen-bond donors (Lipinski definition) is 0. The van der Waals surface area contributed by atoms with Gasteiger partial charge in [-0.1, -0.05) is 0 Å². The Morgan fingerprint density at radius 1 is 0.933 bits per heavy atom. The summed E-state index contributed by atoms with van der Waals surface area (Å²) in [5, 5.41) is 0. The maximum Gasteiger partial charge on any atom is 0.456 e. The maximum atomic E-state index is 12.4. The molecule has 1 atom stereocenters. The molecule has 0 aliphatic carbocycles. The molecule has 0 nitrogen and oxygen atoms in total. The smallest absolute Gasteiger partial charge is 0.240 e. The summed E-state index contributed by atoms with van der Waals surface area (Å²) in [7, 11) is 0. The van der Waals surface area contributed by atoms with Crippen LogP contribution in [-0.2, 0) is 0 Å². The van der Waals surface area contributed by atoms with Gasteiger partial charge in [-0.25, -0.2) is 13.2 Å². The molecule has 0 aromatic carbocycles. The molecule has 1 radical (unpaired) electrons. The molecule has 0 amide bonds. The molecule has 0 rings (SSSR count). The van der Waals surface area contributed by atoms with Crippen molar-refractivity contribution < 1.29 is 35.1 Å². The molecule has 15 heavy (non-hydrogen) atoms. The lowest BCUT2D eigenvalue weighted by Gasteiger charge is -2.25. The first-order chi connectivity index (χ1) is 6.44. The Morgan fingerprint density at radius 3 is 1.60 bits per heavy atom. The monoisotopic (exact) mass is 243 g/mol. The first-order valence-electron chi connectivity index (χ1n) is 3.70. The minimum Gasteiger partial charge on any atom is -0.240 e. The first-order valence-corrected chi connectivity index (χ1v) is 3.70. The third-order valence-electron chi connectivity index (χ3n) is 1.61. The van der Waals surface area contributed by atoms with Crippen LogP contribution in [0.5, 0.6) is 0 Å². The molecule has 0 fully saturated rings. The van der Waals surface area contributed by atoms with Crippen molar-refractivity contribution in [3.05, 3.63) is 6.92 Å². The molecule has 0 aliphatic heterocycles. The van der Waals surface area contributed by atoms with Crippen molar-refractivity contribution in [3.8, 4) is 0 Å². The third kappa shape index (κ3) is 3.49. The summed E-state index contributed by atoms with van der Waals surface area (Å²) in [5.74, 6) is -9.75. The highest BCUT2D eigenvalue weighted by Gasteiger charge is 2.64. The zero-order chi connectivity index (χ0) is 12.5. The Bertz CT molecular complexity index is 206. The summed E-state index contributed by atoms with van der Waals surface area (Å²) in [4.78, 5) is 0. The van der Waals surface area contributed by atoms with Crippen molar-refractivity contribution in [2.24, 2.45) is 0 Å². The molecule has 0 aromatic rings. The molecule has 0 heterocycles. The summed E-state index contributed by atoms with van der Waals surface area (Å²) >= 11 is 0. The van der Waals surface area contributed by atoms with Crippen LogP contribution < -0.4 is 0 Å². The number of hydrogen-bond acceptors (Lipinski definition) is 0. The van der Waals surface area contributed by atoms with Crippen LogP contribution in [-0.4, -0.2) is 24.2 Å². The van der Waals surface area contributed by atoms with Gasteiger partial charge in [-0.2, -0.15) is 22.0 Å². The van der Waals surface area contributed by atoms with Gasteiger partial charge >= 0.3 is 12.1 Å². The van der Waals surface area contributed by atoms with Crippen molar-refractivity contribution in [2.75, 3.05) is 0 Å². The first kappa shape index (κ1) is 14.4. The van der Waals surface area contributed by atoms with E-state index in [9.17, 15) is 35.1 Å². The molecule has 0 N–H and O–H groups in total. The van der Waals surface area contributed by atoms with E-state index in [0.29, 0.717) is 0 Å². The van der Waals surface area contributed by atoms with Crippen LogP contribution in [0.4, 0.5) is 35.1 Å². The van der Waals surface area contributed by atoms with Gasteiger partial charge in [-0.05, 0) is 6.92 Å². The molecule has 0 saturated carbocycles. The number of alkyl halides is 8. The van der Waals surface area contributed by atoms with Crippen molar-refractivity contribution in [3.63, 3.8) is 0 Å². The van der Waals surface area contributed by atoms with Crippen LogP contribution >= 0.6 is 0 Å². The summed E-state index contributed by atoms with van der Waals surface area (Å²) in [6.07, 6.45) is -13.6. The molecular weight excluding hydrogens is 236 g/mol. The van der Waals surface area contributed by atoms with Gasteiger partial charge in [0.2, 0.25) is 0 Å². The summed E-state index contributed by atoms with van der Waals surface area (Å²) in [6, 6.07) is 0. The SMILES string of the molecule is [CH2]CC(F)(F)C[C@H](F)C(F)(F)C(F)(F)F.